The Hall–Kier alpha value is -2.41. The van der Waals surface area contributed by atoms with Crippen molar-refractivity contribution in [3.05, 3.63) is 48.0 Å². The van der Waals surface area contributed by atoms with Crippen LogP contribution in [0.2, 0.25) is 0 Å². The molecule has 1 aromatic carbocycles. The molecule has 0 aliphatic carbocycles. The predicted molar refractivity (Wildman–Crippen MR) is 94.0 cm³/mol. The van der Waals surface area contributed by atoms with Crippen molar-refractivity contribution in [1.29, 1.82) is 0 Å². The van der Waals surface area contributed by atoms with E-state index in [9.17, 15) is 9.18 Å². The molecule has 1 aromatic heterocycles. The predicted octanol–water partition coefficient (Wildman–Crippen LogP) is 2.52. The summed E-state index contributed by atoms with van der Waals surface area (Å²) >= 11 is 0. The number of benzene rings is 1. The van der Waals surface area contributed by atoms with Gasteiger partial charge in [0.05, 0.1) is 0 Å². The van der Waals surface area contributed by atoms with Gasteiger partial charge in [0.2, 0.25) is 0 Å². The number of nitrogens with one attached hydrogen (secondary N) is 1. The molecule has 25 heavy (non-hydrogen) atoms. The molecule has 1 amide bonds. The molecule has 2 aromatic rings. The van der Waals surface area contributed by atoms with Gasteiger partial charge >= 0.3 is 0 Å². The molecule has 0 aliphatic rings. The van der Waals surface area contributed by atoms with Gasteiger partial charge in [-0.05, 0) is 56.4 Å². The van der Waals surface area contributed by atoms with Crippen LogP contribution in [0.3, 0.4) is 0 Å². The van der Waals surface area contributed by atoms with Gasteiger partial charge in [0.25, 0.3) is 5.91 Å². The number of halogens is 1. The van der Waals surface area contributed by atoms with Crippen molar-refractivity contribution < 1.29 is 13.9 Å². The Bertz CT molecular complexity index is 653. The lowest BCUT2D eigenvalue weighted by molar-refractivity contribution is 0.0944. The highest BCUT2D eigenvalue weighted by atomic mass is 19.1. The molecule has 0 bridgehead atoms. The van der Waals surface area contributed by atoms with Crippen molar-refractivity contribution in [3.63, 3.8) is 0 Å². The van der Waals surface area contributed by atoms with Crippen molar-refractivity contribution in [2.75, 3.05) is 26.2 Å². The first kappa shape index (κ1) is 18.9. The average molecular weight is 348 g/mol. The molecule has 6 nitrogen and oxygen atoms in total. The van der Waals surface area contributed by atoms with Gasteiger partial charge in [-0.2, -0.15) is 5.10 Å². The number of nitrogens with zero attached hydrogens (tertiary/aromatic N) is 3. The summed E-state index contributed by atoms with van der Waals surface area (Å²) in [6.07, 6.45) is 2.58. The largest absolute Gasteiger partial charge is 0.471 e. The summed E-state index contributed by atoms with van der Waals surface area (Å²) in [6, 6.07) is 7.39. The van der Waals surface area contributed by atoms with E-state index >= 15 is 0 Å². The highest BCUT2D eigenvalue weighted by molar-refractivity contribution is 5.92. The first-order valence-electron chi connectivity index (χ1n) is 8.54. The third-order valence-corrected chi connectivity index (χ3v) is 3.88. The molecular formula is C18H25FN4O2. The molecule has 1 heterocycles. The smallest absolute Gasteiger partial charge is 0.271 e. The Kier molecular flexibility index (Phi) is 7.40. The topological polar surface area (TPSA) is 59.4 Å². The molecule has 136 valence electrons. The number of hydrogen-bond acceptors (Lipinski definition) is 4. The lowest BCUT2D eigenvalue weighted by Crippen LogP contribution is -2.30. The average Bonchev–Trinajstić information content (AvgIpc) is 3.10. The van der Waals surface area contributed by atoms with E-state index in [2.05, 4.69) is 29.2 Å². The van der Waals surface area contributed by atoms with Crippen LogP contribution >= 0.6 is 0 Å². The zero-order chi connectivity index (χ0) is 18.1. The number of rotatable bonds is 10. The second-order valence-electron chi connectivity index (χ2n) is 5.60. The first-order chi connectivity index (χ1) is 12.1. The fourth-order valence-corrected chi connectivity index (χ4v) is 2.36. The highest BCUT2D eigenvalue weighted by Crippen LogP contribution is 2.11. The van der Waals surface area contributed by atoms with E-state index in [0.29, 0.717) is 18.0 Å². The Morgan fingerprint density at radius 3 is 2.64 bits per heavy atom. The SMILES string of the molecule is CCN(CC)CCCNC(=O)c1ccn(COc2ccc(F)cc2)n1. The number of aromatic nitrogens is 2. The zero-order valence-electron chi connectivity index (χ0n) is 14.7. The van der Waals surface area contributed by atoms with E-state index in [-0.39, 0.29) is 18.5 Å². The van der Waals surface area contributed by atoms with Gasteiger partial charge in [-0.3, -0.25) is 4.79 Å². The second-order valence-corrected chi connectivity index (χ2v) is 5.60. The van der Waals surface area contributed by atoms with Crippen molar-refractivity contribution in [2.45, 2.75) is 27.0 Å². The maximum Gasteiger partial charge on any atom is 0.271 e. The summed E-state index contributed by atoms with van der Waals surface area (Å²) in [6.45, 7) is 8.03. The molecule has 0 fully saturated rings. The maximum atomic E-state index is 12.8. The number of carbonyl (C=O) groups excluding carboxylic acids is 1. The first-order valence-corrected chi connectivity index (χ1v) is 8.54. The van der Waals surface area contributed by atoms with E-state index in [1.54, 1.807) is 24.4 Å². The zero-order valence-corrected chi connectivity index (χ0v) is 14.7. The minimum absolute atomic E-state index is 0.154. The summed E-state index contributed by atoms with van der Waals surface area (Å²) in [4.78, 5) is 14.4. The number of carbonyl (C=O) groups is 1. The number of ether oxygens (including phenoxy) is 1. The molecule has 0 aliphatic heterocycles. The fourth-order valence-electron chi connectivity index (χ4n) is 2.36. The Morgan fingerprint density at radius 1 is 1.24 bits per heavy atom. The van der Waals surface area contributed by atoms with Crippen LogP contribution in [0.15, 0.2) is 36.5 Å². The molecule has 0 saturated carbocycles. The van der Waals surface area contributed by atoms with E-state index < -0.39 is 0 Å². The van der Waals surface area contributed by atoms with Crippen molar-refractivity contribution in [1.82, 2.24) is 20.0 Å². The molecule has 0 spiro atoms. The van der Waals surface area contributed by atoms with Crippen molar-refractivity contribution >= 4 is 5.91 Å². The van der Waals surface area contributed by atoms with Gasteiger partial charge in [-0.1, -0.05) is 13.8 Å². The Balaban J connectivity index is 1.74. The van der Waals surface area contributed by atoms with Gasteiger partial charge in [0.15, 0.2) is 6.73 Å². The van der Waals surface area contributed by atoms with Crippen LogP contribution in [-0.4, -0.2) is 46.8 Å². The van der Waals surface area contributed by atoms with Crippen molar-refractivity contribution in [3.8, 4) is 5.75 Å². The monoisotopic (exact) mass is 348 g/mol. The van der Waals surface area contributed by atoms with Crippen LogP contribution in [-0.2, 0) is 6.73 Å². The van der Waals surface area contributed by atoms with E-state index in [4.69, 9.17) is 4.74 Å². The molecular weight excluding hydrogens is 323 g/mol. The van der Waals surface area contributed by atoms with Gasteiger partial charge in [-0.15, -0.1) is 0 Å². The highest BCUT2D eigenvalue weighted by Gasteiger charge is 2.09. The molecule has 0 unspecified atom stereocenters. The number of amides is 1. The third-order valence-electron chi connectivity index (χ3n) is 3.88. The molecule has 0 radical (unpaired) electrons. The number of hydrogen-bond donors (Lipinski definition) is 1. The Labute approximate surface area is 147 Å². The lowest BCUT2D eigenvalue weighted by atomic mass is 10.3. The van der Waals surface area contributed by atoms with Gasteiger partial charge < -0.3 is 15.0 Å². The van der Waals surface area contributed by atoms with Gasteiger partial charge in [-0.25, -0.2) is 9.07 Å². The summed E-state index contributed by atoms with van der Waals surface area (Å²) < 4.78 is 19.8. The van der Waals surface area contributed by atoms with Gasteiger partial charge in [0, 0.05) is 12.7 Å². The Morgan fingerprint density at radius 2 is 1.96 bits per heavy atom. The van der Waals surface area contributed by atoms with Crippen molar-refractivity contribution in [2.24, 2.45) is 0 Å². The minimum Gasteiger partial charge on any atom is -0.471 e. The van der Waals surface area contributed by atoms with Crippen LogP contribution in [0.4, 0.5) is 4.39 Å². The normalized spacial score (nSPS) is 10.9. The second kappa shape index (κ2) is 9.78. The third kappa shape index (κ3) is 6.19. The molecule has 0 saturated heterocycles. The fraction of sp³-hybridized carbons (Fsp3) is 0.444. The summed E-state index contributed by atoms with van der Waals surface area (Å²) in [5.41, 5.74) is 0.352. The summed E-state index contributed by atoms with van der Waals surface area (Å²) in [5, 5.41) is 7.06. The van der Waals surface area contributed by atoms with E-state index in [1.165, 1.54) is 16.8 Å². The van der Waals surface area contributed by atoms with Crippen LogP contribution in [0, 0.1) is 5.82 Å². The van der Waals surface area contributed by atoms with Gasteiger partial charge in [0.1, 0.15) is 17.3 Å². The molecule has 7 heteroatoms. The van der Waals surface area contributed by atoms with E-state index in [1.807, 2.05) is 0 Å². The molecule has 0 atom stereocenters. The van der Waals surface area contributed by atoms with E-state index in [0.717, 1.165) is 26.1 Å². The lowest BCUT2D eigenvalue weighted by Gasteiger charge is -2.17. The molecule has 1 N–H and O–H groups in total. The van der Waals surface area contributed by atoms with Crippen LogP contribution in [0.5, 0.6) is 5.75 Å². The summed E-state index contributed by atoms with van der Waals surface area (Å²) in [5.74, 6) is 0.0331. The maximum absolute atomic E-state index is 12.8. The van der Waals surface area contributed by atoms with Crippen LogP contribution in [0.25, 0.3) is 0 Å². The van der Waals surface area contributed by atoms with Crippen LogP contribution < -0.4 is 10.1 Å². The quantitative estimate of drug-likeness (QED) is 0.670. The molecule has 2 rings (SSSR count). The standard InChI is InChI=1S/C18H25FN4O2/c1-3-22(4-2)12-5-11-20-18(24)17-10-13-23(21-17)14-25-16-8-6-15(19)7-9-16/h6-10,13H,3-5,11-12,14H2,1-2H3,(H,20,24). The minimum atomic E-state index is -0.314. The summed E-state index contributed by atoms with van der Waals surface area (Å²) in [7, 11) is 0. The van der Waals surface area contributed by atoms with Crippen LogP contribution in [0.1, 0.15) is 30.8 Å².